The first kappa shape index (κ1) is 25.8. The quantitative estimate of drug-likeness (QED) is 0.304. The lowest BCUT2D eigenvalue weighted by Crippen LogP contribution is -2.80. The molecule has 0 saturated heterocycles. The molecule has 7 nitrogen and oxygen atoms in total. The molecule has 0 spiro atoms. The maximum Gasteiger partial charge on any atom is 0.255 e. The molecular weight excluding hydrogens is 509 g/mol. The zero-order valence-corrected chi connectivity index (χ0v) is 22.5. The minimum absolute atomic E-state index is 0.0664. The number of rotatable bonds is 7. The van der Waals surface area contributed by atoms with Gasteiger partial charge in [-0.05, 0) is 89.4 Å². The van der Waals surface area contributed by atoms with Crippen LogP contribution in [0.2, 0.25) is 0 Å². The van der Waals surface area contributed by atoms with E-state index < -0.39 is 11.7 Å². The fraction of sp³-hybridized carbons (Fsp3) is 0.281. The smallest absolute Gasteiger partial charge is 0.255 e. The second-order valence-corrected chi connectivity index (χ2v) is 11.1. The molecule has 2 atom stereocenters. The van der Waals surface area contributed by atoms with Crippen molar-refractivity contribution in [3.63, 3.8) is 0 Å². The van der Waals surface area contributed by atoms with Gasteiger partial charge in [-0.15, -0.1) is 0 Å². The molecule has 2 bridgehead atoms. The van der Waals surface area contributed by atoms with Gasteiger partial charge in [0.2, 0.25) is 5.91 Å². The van der Waals surface area contributed by atoms with Crippen molar-refractivity contribution in [3.05, 3.63) is 83.2 Å². The Morgan fingerprint density at radius 1 is 1.00 bits per heavy atom. The van der Waals surface area contributed by atoms with Crippen molar-refractivity contribution in [2.45, 2.75) is 32.2 Å². The number of hydrogen-bond donors (Lipinski definition) is 3. The Labute approximate surface area is 230 Å². The zero-order chi connectivity index (χ0) is 28.3. The Morgan fingerprint density at radius 2 is 1.73 bits per heavy atom. The number of halogens is 1. The lowest BCUT2D eigenvalue weighted by molar-refractivity contribution is -0.184. The van der Waals surface area contributed by atoms with Crippen LogP contribution >= 0.6 is 0 Å². The van der Waals surface area contributed by atoms with E-state index in [-0.39, 0.29) is 35.1 Å². The van der Waals surface area contributed by atoms with Crippen LogP contribution in [-0.4, -0.2) is 30.3 Å². The first-order valence-corrected chi connectivity index (χ1v) is 13.4. The third-order valence-corrected chi connectivity index (χ3v) is 9.10. The van der Waals surface area contributed by atoms with Gasteiger partial charge in [0.15, 0.2) is 0 Å². The number of fused-ring (bicyclic) bond motifs is 1. The van der Waals surface area contributed by atoms with Gasteiger partial charge < -0.3 is 20.8 Å². The molecule has 4 aromatic rings. The highest BCUT2D eigenvalue weighted by Gasteiger charge is 2.69. The van der Waals surface area contributed by atoms with Gasteiger partial charge in [0, 0.05) is 29.1 Å². The second-order valence-electron chi connectivity index (χ2n) is 11.1. The second kappa shape index (κ2) is 9.33. The van der Waals surface area contributed by atoms with Gasteiger partial charge in [-0.25, -0.2) is 4.39 Å². The SMILES string of the molecule is CNC(=O)c1c(-c2ccc(F)cc2)oc2cc(CC(N)=O)c(-c3cccc(C(=O)NC45CC([C@@H]4C)[C@@H]5C)c3)cc12. The first-order valence-electron chi connectivity index (χ1n) is 13.4. The molecule has 0 unspecified atom stereocenters. The number of amides is 3. The molecule has 3 aliphatic rings. The maximum absolute atomic E-state index is 13.6. The van der Waals surface area contributed by atoms with Crippen molar-refractivity contribution >= 4 is 28.7 Å². The minimum Gasteiger partial charge on any atom is -0.455 e. The third kappa shape index (κ3) is 3.89. The van der Waals surface area contributed by atoms with Crippen molar-refractivity contribution in [3.8, 4) is 22.5 Å². The summed E-state index contributed by atoms with van der Waals surface area (Å²) in [5.74, 6) is 0.459. The molecule has 204 valence electrons. The van der Waals surface area contributed by atoms with E-state index in [4.69, 9.17) is 10.2 Å². The number of carbonyl (C=O) groups excluding carboxylic acids is 3. The summed E-state index contributed by atoms with van der Waals surface area (Å²) >= 11 is 0. The van der Waals surface area contributed by atoms with Crippen molar-refractivity contribution in [2.75, 3.05) is 7.05 Å². The summed E-state index contributed by atoms with van der Waals surface area (Å²) in [5, 5.41) is 6.46. The summed E-state index contributed by atoms with van der Waals surface area (Å²) in [5.41, 5.74) is 9.14. The fourth-order valence-corrected chi connectivity index (χ4v) is 6.62. The summed E-state index contributed by atoms with van der Waals surface area (Å²) in [7, 11) is 1.52. The van der Waals surface area contributed by atoms with Crippen LogP contribution in [0, 0.1) is 23.6 Å². The maximum atomic E-state index is 13.6. The van der Waals surface area contributed by atoms with E-state index in [1.807, 2.05) is 6.07 Å². The zero-order valence-electron chi connectivity index (χ0n) is 22.5. The molecule has 3 saturated carbocycles. The van der Waals surface area contributed by atoms with Crippen LogP contribution in [0.25, 0.3) is 33.4 Å². The lowest BCUT2D eigenvalue weighted by atomic mass is 9.37. The predicted octanol–water partition coefficient (Wildman–Crippen LogP) is 5.07. The van der Waals surface area contributed by atoms with Gasteiger partial charge in [-0.1, -0.05) is 26.0 Å². The van der Waals surface area contributed by atoms with E-state index in [9.17, 15) is 18.8 Å². The molecule has 1 aromatic heterocycles. The molecule has 4 N–H and O–H groups in total. The van der Waals surface area contributed by atoms with Crippen LogP contribution in [0.5, 0.6) is 0 Å². The van der Waals surface area contributed by atoms with Crippen molar-refractivity contribution in [2.24, 2.45) is 23.5 Å². The Kier molecular flexibility index (Phi) is 6.02. The van der Waals surface area contributed by atoms with Gasteiger partial charge in [0.1, 0.15) is 17.2 Å². The van der Waals surface area contributed by atoms with E-state index in [2.05, 4.69) is 24.5 Å². The van der Waals surface area contributed by atoms with Gasteiger partial charge in [0.05, 0.1) is 12.0 Å². The van der Waals surface area contributed by atoms with E-state index >= 15 is 0 Å². The molecule has 3 aromatic carbocycles. The summed E-state index contributed by atoms with van der Waals surface area (Å²) in [6.45, 7) is 4.37. The number of furan rings is 1. The van der Waals surface area contributed by atoms with Crippen LogP contribution < -0.4 is 16.4 Å². The molecule has 0 aliphatic heterocycles. The van der Waals surface area contributed by atoms with Gasteiger partial charge in [-0.3, -0.25) is 14.4 Å². The monoisotopic (exact) mass is 539 g/mol. The number of nitrogens with two attached hydrogens (primary N) is 1. The van der Waals surface area contributed by atoms with Gasteiger partial charge in [0.25, 0.3) is 11.8 Å². The van der Waals surface area contributed by atoms with Crippen LogP contribution in [0.15, 0.2) is 65.1 Å². The minimum atomic E-state index is -0.530. The Morgan fingerprint density at radius 3 is 2.35 bits per heavy atom. The standard InChI is InChI=1S/C32H30FN3O4/c1-16-25-15-32(16,17(25)2)36-30(38)20-6-4-5-19(11-20)23-14-24-26(12-21(23)13-27(34)37)40-29(28(24)31(39)35-3)18-7-9-22(33)10-8-18/h4-12,14,16-17,25H,13,15H2,1-3H3,(H2,34,37)(H,35,39)(H,36,38)/t16-,17-,25?,32?/m0/s1. The van der Waals surface area contributed by atoms with E-state index in [0.29, 0.717) is 56.5 Å². The topological polar surface area (TPSA) is 114 Å². The van der Waals surface area contributed by atoms with E-state index in [0.717, 1.165) is 6.42 Å². The van der Waals surface area contributed by atoms with Crippen LogP contribution in [0.1, 0.15) is 46.5 Å². The highest BCUT2D eigenvalue weighted by atomic mass is 19.1. The fourth-order valence-electron chi connectivity index (χ4n) is 6.62. The molecule has 3 amide bonds. The van der Waals surface area contributed by atoms with Crippen molar-refractivity contribution < 1.29 is 23.2 Å². The van der Waals surface area contributed by atoms with Crippen LogP contribution in [0.3, 0.4) is 0 Å². The van der Waals surface area contributed by atoms with Gasteiger partial charge >= 0.3 is 0 Å². The number of primary amides is 1. The summed E-state index contributed by atoms with van der Waals surface area (Å²) < 4.78 is 19.7. The summed E-state index contributed by atoms with van der Waals surface area (Å²) in [6.07, 6.45) is 0.947. The molecule has 0 radical (unpaired) electrons. The first-order chi connectivity index (χ1) is 19.1. The Hall–Kier alpha value is -4.46. The number of hydrogen-bond acceptors (Lipinski definition) is 4. The highest BCUT2D eigenvalue weighted by molar-refractivity contribution is 6.12. The Balaban J connectivity index is 1.46. The molecular formula is C32H30FN3O4. The Bertz CT molecular complexity index is 1680. The molecule has 40 heavy (non-hydrogen) atoms. The van der Waals surface area contributed by atoms with Crippen LogP contribution in [-0.2, 0) is 11.2 Å². The van der Waals surface area contributed by atoms with Crippen molar-refractivity contribution in [1.82, 2.24) is 10.6 Å². The van der Waals surface area contributed by atoms with E-state index in [1.165, 1.54) is 19.2 Å². The van der Waals surface area contributed by atoms with Gasteiger partial charge in [-0.2, -0.15) is 0 Å². The lowest BCUT2D eigenvalue weighted by Gasteiger charge is -2.72. The van der Waals surface area contributed by atoms with Crippen LogP contribution in [0.4, 0.5) is 4.39 Å². The van der Waals surface area contributed by atoms with Crippen molar-refractivity contribution in [1.29, 1.82) is 0 Å². The average molecular weight is 540 g/mol. The third-order valence-electron chi connectivity index (χ3n) is 9.10. The molecule has 7 rings (SSSR count). The predicted molar refractivity (Wildman–Crippen MR) is 150 cm³/mol. The normalized spacial score (nSPS) is 22.8. The molecule has 3 fully saturated rings. The number of benzene rings is 3. The van der Waals surface area contributed by atoms with E-state index in [1.54, 1.807) is 42.5 Å². The molecule has 3 aliphatic carbocycles. The molecule has 1 heterocycles. The molecule has 8 heteroatoms. The number of carbonyl (C=O) groups is 3. The summed E-state index contributed by atoms with van der Waals surface area (Å²) in [4.78, 5) is 38.4. The largest absolute Gasteiger partial charge is 0.455 e. The summed E-state index contributed by atoms with van der Waals surface area (Å²) in [6, 6.07) is 16.4. The number of nitrogens with one attached hydrogen (secondary N) is 2. The highest BCUT2D eigenvalue weighted by Crippen LogP contribution is 2.65. The average Bonchev–Trinajstić information content (AvgIpc) is 3.32.